The summed E-state index contributed by atoms with van der Waals surface area (Å²) in [5, 5.41) is 0. The third kappa shape index (κ3) is 2.71. The quantitative estimate of drug-likeness (QED) is 0.888. The zero-order valence-corrected chi connectivity index (χ0v) is 15.6. The number of fused-ring (bicyclic) bond motifs is 4. The SMILES string of the molecule is O=c1[nH]c2c(c(=O)n1C[C@H]1CCCO1)C1(CCCCC1)Cc1ccccc1-2. The van der Waals surface area contributed by atoms with E-state index >= 15 is 0 Å². The van der Waals surface area contributed by atoms with Gasteiger partial charge in [0.05, 0.1) is 18.3 Å². The Morgan fingerprint density at radius 3 is 2.70 bits per heavy atom. The molecule has 1 atom stereocenters. The highest BCUT2D eigenvalue weighted by atomic mass is 16.5. The molecule has 2 heterocycles. The minimum atomic E-state index is -0.308. The molecule has 2 aromatic rings. The second-order valence-corrected chi connectivity index (χ2v) is 8.41. The van der Waals surface area contributed by atoms with Crippen LogP contribution in [0.5, 0.6) is 0 Å². The predicted molar refractivity (Wildman–Crippen MR) is 104 cm³/mol. The molecule has 5 nitrogen and oxygen atoms in total. The van der Waals surface area contributed by atoms with Gasteiger partial charge in [0.15, 0.2) is 0 Å². The molecule has 0 unspecified atom stereocenters. The second kappa shape index (κ2) is 6.48. The predicted octanol–water partition coefficient (Wildman–Crippen LogP) is 3.14. The Labute approximate surface area is 158 Å². The van der Waals surface area contributed by atoms with Gasteiger partial charge in [-0.25, -0.2) is 4.79 Å². The number of benzene rings is 1. The molecule has 5 rings (SSSR count). The molecule has 27 heavy (non-hydrogen) atoms. The topological polar surface area (TPSA) is 64.1 Å². The first-order chi connectivity index (χ1) is 13.2. The fourth-order valence-electron chi connectivity index (χ4n) is 5.45. The first kappa shape index (κ1) is 17.0. The molecule has 142 valence electrons. The summed E-state index contributed by atoms with van der Waals surface area (Å²) in [6, 6.07) is 8.21. The highest BCUT2D eigenvalue weighted by Gasteiger charge is 2.43. The number of aromatic amines is 1. The fraction of sp³-hybridized carbons (Fsp3) is 0.545. The van der Waals surface area contributed by atoms with Gasteiger partial charge in [-0.3, -0.25) is 9.36 Å². The van der Waals surface area contributed by atoms with Crippen LogP contribution in [0.3, 0.4) is 0 Å². The lowest BCUT2D eigenvalue weighted by Gasteiger charge is -2.42. The van der Waals surface area contributed by atoms with Crippen molar-refractivity contribution in [1.82, 2.24) is 9.55 Å². The Morgan fingerprint density at radius 1 is 1.11 bits per heavy atom. The number of nitrogens with one attached hydrogen (secondary N) is 1. The van der Waals surface area contributed by atoms with Crippen LogP contribution in [-0.4, -0.2) is 22.3 Å². The van der Waals surface area contributed by atoms with Gasteiger partial charge in [0, 0.05) is 23.1 Å². The molecule has 0 bridgehead atoms. The average Bonchev–Trinajstić information content (AvgIpc) is 3.19. The summed E-state index contributed by atoms with van der Waals surface area (Å²) in [4.78, 5) is 29.5. The normalized spacial score (nSPS) is 23.2. The van der Waals surface area contributed by atoms with Crippen molar-refractivity contribution < 1.29 is 4.74 Å². The Balaban J connectivity index is 1.72. The van der Waals surface area contributed by atoms with Crippen LogP contribution in [0.15, 0.2) is 33.9 Å². The van der Waals surface area contributed by atoms with E-state index in [1.807, 2.05) is 12.1 Å². The standard InChI is InChI=1S/C22H26N2O3/c25-20-18-19(23-21(26)24(20)14-16-8-6-12-27-16)17-9-3-2-7-15(17)13-22(18)10-4-1-5-11-22/h2-3,7,9,16H,1,4-6,8,10-14H2,(H,23,26)/t16-/m1/s1. The van der Waals surface area contributed by atoms with Crippen LogP contribution in [0.1, 0.15) is 56.1 Å². The maximum absolute atomic E-state index is 13.6. The number of rotatable bonds is 2. The summed E-state index contributed by atoms with van der Waals surface area (Å²) in [5.41, 5.74) is 3.33. The molecule has 5 heteroatoms. The van der Waals surface area contributed by atoms with Gasteiger partial charge in [0.1, 0.15) is 0 Å². The molecule has 2 fully saturated rings. The zero-order valence-electron chi connectivity index (χ0n) is 15.6. The smallest absolute Gasteiger partial charge is 0.328 e. The molecule has 1 saturated carbocycles. The largest absolute Gasteiger partial charge is 0.376 e. The molecule has 1 N–H and O–H groups in total. The number of nitrogens with zero attached hydrogens (tertiary/aromatic N) is 1. The van der Waals surface area contributed by atoms with E-state index in [9.17, 15) is 9.59 Å². The molecule has 0 radical (unpaired) electrons. The van der Waals surface area contributed by atoms with Crippen molar-refractivity contribution in [1.29, 1.82) is 0 Å². The van der Waals surface area contributed by atoms with Crippen molar-refractivity contribution in [3.8, 4) is 11.3 Å². The second-order valence-electron chi connectivity index (χ2n) is 8.41. The lowest BCUT2D eigenvalue weighted by atomic mass is 9.62. The molecule has 2 aliphatic carbocycles. The van der Waals surface area contributed by atoms with Crippen LogP contribution in [0.4, 0.5) is 0 Å². The molecular formula is C22H26N2O3. The first-order valence-electron chi connectivity index (χ1n) is 10.3. The summed E-state index contributed by atoms with van der Waals surface area (Å²) in [7, 11) is 0. The first-order valence-corrected chi connectivity index (χ1v) is 10.3. The molecule has 0 amide bonds. The summed E-state index contributed by atoms with van der Waals surface area (Å²) >= 11 is 0. The fourth-order valence-corrected chi connectivity index (χ4v) is 5.45. The maximum atomic E-state index is 13.6. The Kier molecular flexibility index (Phi) is 4.08. The number of hydrogen-bond acceptors (Lipinski definition) is 3. The highest BCUT2D eigenvalue weighted by Crippen LogP contribution is 2.48. The van der Waals surface area contributed by atoms with Crippen molar-refractivity contribution in [2.24, 2.45) is 0 Å². The lowest BCUT2D eigenvalue weighted by molar-refractivity contribution is 0.0947. The van der Waals surface area contributed by atoms with E-state index in [2.05, 4.69) is 17.1 Å². The summed E-state index contributed by atoms with van der Waals surface area (Å²) in [6.45, 7) is 1.08. The lowest BCUT2D eigenvalue weighted by Crippen LogP contribution is -2.48. The monoisotopic (exact) mass is 366 g/mol. The highest BCUT2D eigenvalue weighted by molar-refractivity contribution is 5.71. The Bertz CT molecular complexity index is 976. The van der Waals surface area contributed by atoms with Crippen LogP contribution in [0, 0.1) is 0 Å². The minimum Gasteiger partial charge on any atom is -0.376 e. The van der Waals surface area contributed by atoms with Crippen LogP contribution < -0.4 is 11.2 Å². The molecule has 1 aromatic carbocycles. The van der Waals surface area contributed by atoms with Crippen LogP contribution in [-0.2, 0) is 23.1 Å². The van der Waals surface area contributed by atoms with Gasteiger partial charge < -0.3 is 9.72 Å². The van der Waals surface area contributed by atoms with E-state index in [0.717, 1.165) is 68.4 Å². The van der Waals surface area contributed by atoms with Gasteiger partial charge in [-0.15, -0.1) is 0 Å². The van der Waals surface area contributed by atoms with E-state index in [1.165, 1.54) is 16.6 Å². The van der Waals surface area contributed by atoms with Gasteiger partial charge in [0.25, 0.3) is 5.56 Å². The minimum absolute atomic E-state index is 0.0277. The van der Waals surface area contributed by atoms with Gasteiger partial charge in [-0.1, -0.05) is 43.5 Å². The van der Waals surface area contributed by atoms with E-state index in [0.29, 0.717) is 6.54 Å². The molecule has 1 saturated heterocycles. The summed E-state index contributed by atoms with van der Waals surface area (Å²) in [6.07, 6.45) is 8.35. The van der Waals surface area contributed by atoms with E-state index < -0.39 is 0 Å². The number of hydrogen-bond donors (Lipinski definition) is 1. The maximum Gasteiger partial charge on any atom is 0.328 e. The van der Waals surface area contributed by atoms with Crippen LogP contribution in [0.25, 0.3) is 11.3 Å². The van der Waals surface area contributed by atoms with Crippen molar-refractivity contribution >= 4 is 0 Å². The van der Waals surface area contributed by atoms with Crippen LogP contribution >= 0.6 is 0 Å². The third-order valence-electron chi connectivity index (χ3n) is 6.75. The Morgan fingerprint density at radius 2 is 1.93 bits per heavy atom. The van der Waals surface area contributed by atoms with Gasteiger partial charge in [-0.2, -0.15) is 0 Å². The molecule has 1 aromatic heterocycles. The van der Waals surface area contributed by atoms with Crippen LogP contribution in [0.2, 0.25) is 0 Å². The summed E-state index contributed by atoms with van der Waals surface area (Å²) < 4.78 is 7.09. The number of ether oxygens (including phenoxy) is 1. The summed E-state index contributed by atoms with van der Waals surface area (Å²) in [5.74, 6) is 0. The molecule has 3 aliphatic rings. The van der Waals surface area contributed by atoms with E-state index in [1.54, 1.807) is 0 Å². The third-order valence-corrected chi connectivity index (χ3v) is 6.75. The molecule has 1 spiro atoms. The average molecular weight is 366 g/mol. The van der Waals surface area contributed by atoms with Crippen molar-refractivity contribution in [2.45, 2.75) is 69.4 Å². The van der Waals surface area contributed by atoms with Crippen molar-refractivity contribution in [3.63, 3.8) is 0 Å². The molecular weight excluding hydrogens is 340 g/mol. The zero-order chi connectivity index (χ0) is 18.4. The van der Waals surface area contributed by atoms with Gasteiger partial charge in [-0.05, 0) is 37.7 Å². The van der Waals surface area contributed by atoms with E-state index in [-0.39, 0.29) is 22.8 Å². The van der Waals surface area contributed by atoms with Crippen molar-refractivity contribution in [2.75, 3.05) is 6.61 Å². The van der Waals surface area contributed by atoms with Gasteiger partial charge in [0.2, 0.25) is 0 Å². The number of aromatic nitrogens is 2. The Hall–Kier alpha value is -2.14. The van der Waals surface area contributed by atoms with Crippen molar-refractivity contribution in [3.05, 3.63) is 56.2 Å². The molecule has 1 aliphatic heterocycles. The van der Waals surface area contributed by atoms with E-state index in [4.69, 9.17) is 4.74 Å². The van der Waals surface area contributed by atoms with Gasteiger partial charge >= 0.3 is 5.69 Å². The number of H-pyrrole nitrogens is 1.